The van der Waals surface area contributed by atoms with E-state index in [1.807, 2.05) is 11.9 Å². The number of aryl methyl sites for hydroxylation is 1. The zero-order valence-electron chi connectivity index (χ0n) is 12.5. The highest BCUT2D eigenvalue weighted by Gasteiger charge is 2.35. The summed E-state index contributed by atoms with van der Waals surface area (Å²) in [6.45, 7) is 1.00. The Labute approximate surface area is 130 Å². The summed E-state index contributed by atoms with van der Waals surface area (Å²) in [6.07, 6.45) is -3.24. The summed E-state index contributed by atoms with van der Waals surface area (Å²) in [5.74, 6) is 1.09. The third-order valence-electron chi connectivity index (χ3n) is 3.81. The lowest BCUT2D eigenvalue weighted by Crippen LogP contribution is -2.39. The Morgan fingerprint density at radius 2 is 2.00 bits per heavy atom. The maximum absolute atomic E-state index is 12.3. The molecule has 7 nitrogen and oxygen atoms in total. The van der Waals surface area contributed by atoms with Crippen LogP contribution in [-0.2, 0) is 18.3 Å². The molecule has 2 aromatic heterocycles. The summed E-state index contributed by atoms with van der Waals surface area (Å²) in [7, 11) is 1.82. The van der Waals surface area contributed by atoms with E-state index in [4.69, 9.17) is 5.73 Å². The predicted octanol–water partition coefficient (Wildman–Crippen LogP) is 1.33. The molecule has 2 aromatic rings. The monoisotopic (exact) mass is 330 g/mol. The number of rotatable bonds is 3. The van der Waals surface area contributed by atoms with Crippen molar-refractivity contribution in [3.05, 3.63) is 12.2 Å². The van der Waals surface area contributed by atoms with Gasteiger partial charge in [-0.05, 0) is 12.8 Å². The molecule has 1 fully saturated rings. The number of nitrogens with zero attached hydrogens (tertiary/aromatic N) is 5. The first-order valence-corrected chi connectivity index (χ1v) is 7.25. The number of hydrogen-bond donors (Lipinski definition) is 1. The van der Waals surface area contributed by atoms with Crippen molar-refractivity contribution in [2.75, 3.05) is 18.0 Å². The average Bonchev–Trinajstić information content (AvgIpc) is 2.87. The van der Waals surface area contributed by atoms with Gasteiger partial charge in [0.2, 0.25) is 0 Å². The first-order valence-electron chi connectivity index (χ1n) is 7.25. The smallest absolute Gasteiger partial charge is 0.354 e. The van der Waals surface area contributed by atoms with Crippen molar-refractivity contribution in [1.82, 2.24) is 19.5 Å². The normalized spacial score (nSPS) is 17.2. The number of halogens is 3. The Kier molecular flexibility index (Phi) is 4.11. The summed E-state index contributed by atoms with van der Waals surface area (Å²) in [5, 5.41) is 0. The van der Waals surface area contributed by atoms with Crippen LogP contribution in [0, 0.1) is 0 Å². The Morgan fingerprint density at radius 3 is 2.61 bits per heavy atom. The van der Waals surface area contributed by atoms with Gasteiger partial charge in [-0.1, -0.05) is 0 Å². The summed E-state index contributed by atoms with van der Waals surface area (Å²) in [4.78, 5) is 14.9. The van der Waals surface area contributed by atoms with E-state index in [0.717, 1.165) is 0 Å². The number of aromatic nitrogens is 4. The van der Waals surface area contributed by atoms with Crippen molar-refractivity contribution in [2.45, 2.75) is 31.9 Å². The van der Waals surface area contributed by atoms with E-state index in [0.29, 0.717) is 35.9 Å². The highest BCUT2D eigenvalue weighted by Crippen LogP contribution is 2.28. The molecule has 0 amide bonds. The Morgan fingerprint density at radius 1 is 1.30 bits per heavy atom. The number of piperidine rings is 1. The number of hydrogen-bond acceptors (Lipinski definition) is 6. The molecule has 1 aliphatic heterocycles. The molecular formula is C13H17F3N6O. The summed E-state index contributed by atoms with van der Waals surface area (Å²) in [5.41, 5.74) is 6.91. The Balaban J connectivity index is 1.82. The first kappa shape index (κ1) is 15.9. The van der Waals surface area contributed by atoms with Crippen LogP contribution in [0.4, 0.5) is 19.0 Å². The van der Waals surface area contributed by atoms with E-state index in [2.05, 4.69) is 19.7 Å². The van der Waals surface area contributed by atoms with Gasteiger partial charge in [-0.3, -0.25) is 4.74 Å². The van der Waals surface area contributed by atoms with Crippen LogP contribution in [0.3, 0.4) is 0 Å². The van der Waals surface area contributed by atoms with Gasteiger partial charge in [0.25, 0.3) is 0 Å². The van der Waals surface area contributed by atoms with Crippen molar-refractivity contribution >= 4 is 17.0 Å². The van der Waals surface area contributed by atoms with E-state index in [1.165, 1.54) is 0 Å². The van der Waals surface area contributed by atoms with Crippen molar-refractivity contribution in [2.24, 2.45) is 12.8 Å². The molecule has 0 radical (unpaired) electrons. The molecule has 3 rings (SSSR count). The van der Waals surface area contributed by atoms with Crippen LogP contribution in [0.25, 0.3) is 11.2 Å². The average molecular weight is 330 g/mol. The van der Waals surface area contributed by atoms with Gasteiger partial charge in [0.1, 0.15) is 5.82 Å². The van der Waals surface area contributed by atoms with Crippen molar-refractivity contribution in [3.63, 3.8) is 0 Å². The molecule has 3 heterocycles. The van der Waals surface area contributed by atoms with E-state index >= 15 is 0 Å². The largest absolute Gasteiger partial charge is 0.522 e. The maximum atomic E-state index is 12.3. The number of fused-ring (bicyclic) bond motifs is 1. The van der Waals surface area contributed by atoms with E-state index in [9.17, 15) is 13.2 Å². The van der Waals surface area contributed by atoms with Gasteiger partial charge in [0.15, 0.2) is 17.0 Å². The van der Waals surface area contributed by atoms with Crippen molar-refractivity contribution in [1.29, 1.82) is 0 Å². The molecule has 126 valence electrons. The predicted molar refractivity (Wildman–Crippen MR) is 76.6 cm³/mol. The number of nitrogens with two attached hydrogens (primary N) is 1. The molecule has 0 aromatic carbocycles. The molecule has 0 bridgehead atoms. The van der Waals surface area contributed by atoms with Crippen LogP contribution in [0.15, 0.2) is 6.33 Å². The van der Waals surface area contributed by atoms with Crippen LogP contribution >= 0.6 is 0 Å². The van der Waals surface area contributed by atoms with Gasteiger partial charge in [-0.25, -0.2) is 15.0 Å². The minimum absolute atomic E-state index is 0.182. The number of imidazole rings is 1. The second kappa shape index (κ2) is 5.93. The summed E-state index contributed by atoms with van der Waals surface area (Å²) >= 11 is 0. The Hall–Kier alpha value is -1.94. The maximum Gasteiger partial charge on any atom is 0.522 e. The molecule has 0 aliphatic carbocycles. The number of ether oxygens (including phenoxy) is 1. The molecule has 2 N–H and O–H groups in total. The second-order valence-corrected chi connectivity index (χ2v) is 5.45. The zero-order valence-corrected chi connectivity index (χ0v) is 12.5. The Bertz CT molecular complexity index is 693. The molecule has 0 saturated carbocycles. The van der Waals surface area contributed by atoms with Gasteiger partial charge in [0, 0.05) is 20.1 Å². The molecule has 1 saturated heterocycles. The molecule has 23 heavy (non-hydrogen) atoms. The van der Waals surface area contributed by atoms with E-state index in [-0.39, 0.29) is 19.4 Å². The second-order valence-electron chi connectivity index (χ2n) is 5.45. The first-order chi connectivity index (χ1) is 10.9. The molecule has 0 spiro atoms. The number of alkyl halides is 3. The summed E-state index contributed by atoms with van der Waals surface area (Å²) in [6, 6.07) is 0. The van der Waals surface area contributed by atoms with Gasteiger partial charge >= 0.3 is 6.36 Å². The van der Waals surface area contributed by atoms with Crippen molar-refractivity contribution < 1.29 is 17.9 Å². The molecule has 1 aliphatic rings. The minimum Gasteiger partial charge on any atom is -0.354 e. The topological polar surface area (TPSA) is 82.1 Å². The standard InChI is InChI=1S/C13H17F3N6O/c1-21-7-18-10-11(21)19-9(6-17)20-12(10)22-4-2-8(3-5-22)23-13(14,15)16/h7-8H,2-6,17H2,1H3. The van der Waals surface area contributed by atoms with Crippen LogP contribution in [0.5, 0.6) is 0 Å². The van der Waals surface area contributed by atoms with Gasteiger partial charge in [-0.15, -0.1) is 13.2 Å². The van der Waals surface area contributed by atoms with E-state index in [1.54, 1.807) is 10.9 Å². The fourth-order valence-electron chi connectivity index (χ4n) is 2.72. The van der Waals surface area contributed by atoms with Crippen LogP contribution < -0.4 is 10.6 Å². The van der Waals surface area contributed by atoms with Crippen LogP contribution in [0.2, 0.25) is 0 Å². The van der Waals surface area contributed by atoms with Gasteiger partial charge in [-0.2, -0.15) is 0 Å². The van der Waals surface area contributed by atoms with Gasteiger partial charge in [0.05, 0.1) is 19.0 Å². The van der Waals surface area contributed by atoms with Crippen LogP contribution in [0.1, 0.15) is 18.7 Å². The lowest BCUT2D eigenvalue weighted by atomic mass is 10.1. The highest BCUT2D eigenvalue weighted by molar-refractivity contribution is 5.83. The fraction of sp³-hybridized carbons (Fsp3) is 0.615. The molecule has 0 atom stereocenters. The fourth-order valence-corrected chi connectivity index (χ4v) is 2.72. The SMILES string of the molecule is Cn1cnc2c(N3CCC(OC(F)(F)F)CC3)nc(CN)nc21. The molecule has 0 unspecified atom stereocenters. The lowest BCUT2D eigenvalue weighted by molar-refractivity contribution is -0.344. The quantitative estimate of drug-likeness (QED) is 0.914. The van der Waals surface area contributed by atoms with Gasteiger partial charge < -0.3 is 15.2 Å². The minimum atomic E-state index is -4.59. The van der Waals surface area contributed by atoms with Crippen molar-refractivity contribution in [3.8, 4) is 0 Å². The third kappa shape index (κ3) is 3.37. The zero-order chi connectivity index (χ0) is 16.6. The highest BCUT2D eigenvalue weighted by atomic mass is 19.4. The number of anilines is 1. The third-order valence-corrected chi connectivity index (χ3v) is 3.81. The van der Waals surface area contributed by atoms with E-state index < -0.39 is 12.5 Å². The molecule has 10 heteroatoms. The van der Waals surface area contributed by atoms with Crippen LogP contribution in [-0.4, -0.2) is 45.1 Å². The molecular weight excluding hydrogens is 313 g/mol. The lowest BCUT2D eigenvalue weighted by Gasteiger charge is -2.33. The summed E-state index contributed by atoms with van der Waals surface area (Å²) < 4.78 is 42.7.